The standard InChI is InChI=1S/C20H29NO/c1-14(21-18-3-5-19(22-2)6-4-18)10-20-11-15-7-16(12-20)9-17(8-15)13-20/h3-6,14-17,21H,7-13H2,1-2H3. The highest BCUT2D eigenvalue weighted by Crippen LogP contribution is 2.61. The van der Waals surface area contributed by atoms with Gasteiger partial charge in [-0.2, -0.15) is 0 Å². The minimum absolute atomic E-state index is 0.560. The second kappa shape index (κ2) is 5.47. The fourth-order valence-electron chi connectivity index (χ4n) is 6.21. The molecule has 120 valence electrons. The summed E-state index contributed by atoms with van der Waals surface area (Å²) >= 11 is 0. The van der Waals surface area contributed by atoms with Crippen LogP contribution in [-0.2, 0) is 0 Å². The van der Waals surface area contributed by atoms with Gasteiger partial charge in [0.1, 0.15) is 5.75 Å². The average molecular weight is 299 g/mol. The van der Waals surface area contributed by atoms with E-state index in [-0.39, 0.29) is 0 Å². The van der Waals surface area contributed by atoms with E-state index < -0.39 is 0 Å². The zero-order valence-electron chi connectivity index (χ0n) is 14.0. The minimum Gasteiger partial charge on any atom is -0.497 e. The van der Waals surface area contributed by atoms with Gasteiger partial charge in [0.15, 0.2) is 0 Å². The molecule has 1 atom stereocenters. The molecule has 4 aliphatic rings. The molecule has 0 saturated heterocycles. The highest BCUT2D eigenvalue weighted by molar-refractivity contribution is 5.47. The number of rotatable bonds is 5. The van der Waals surface area contributed by atoms with E-state index in [4.69, 9.17) is 4.74 Å². The molecular formula is C20H29NO. The second-order valence-corrected chi connectivity index (χ2v) is 8.40. The lowest BCUT2D eigenvalue weighted by Gasteiger charge is -2.57. The van der Waals surface area contributed by atoms with Crippen LogP contribution in [-0.4, -0.2) is 13.2 Å². The summed E-state index contributed by atoms with van der Waals surface area (Å²) in [6.07, 6.45) is 10.5. The molecule has 22 heavy (non-hydrogen) atoms. The normalized spacial score (nSPS) is 37.1. The van der Waals surface area contributed by atoms with Crippen LogP contribution in [0.2, 0.25) is 0 Å². The topological polar surface area (TPSA) is 21.3 Å². The molecule has 1 unspecified atom stereocenters. The monoisotopic (exact) mass is 299 g/mol. The summed E-state index contributed by atoms with van der Waals surface area (Å²) in [4.78, 5) is 0. The Morgan fingerprint density at radius 3 is 2.09 bits per heavy atom. The summed E-state index contributed by atoms with van der Waals surface area (Å²) in [5.74, 6) is 4.09. The molecule has 5 rings (SSSR count). The Balaban J connectivity index is 1.40. The Kier molecular flexibility index (Phi) is 3.58. The van der Waals surface area contributed by atoms with Gasteiger partial charge in [-0.15, -0.1) is 0 Å². The van der Waals surface area contributed by atoms with Crippen LogP contribution in [0.15, 0.2) is 24.3 Å². The van der Waals surface area contributed by atoms with Crippen molar-refractivity contribution in [3.63, 3.8) is 0 Å². The Hall–Kier alpha value is -1.18. The zero-order chi connectivity index (χ0) is 15.2. The Morgan fingerprint density at radius 1 is 1.05 bits per heavy atom. The molecule has 4 fully saturated rings. The van der Waals surface area contributed by atoms with Gasteiger partial charge in [0, 0.05) is 11.7 Å². The van der Waals surface area contributed by atoms with Crippen molar-refractivity contribution in [2.45, 2.75) is 57.9 Å². The predicted octanol–water partition coefficient (Wildman–Crippen LogP) is 5.10. The van der Waals surface area contributed by atoms with Crippen molar-refractivity contribution in [2.75, 3.05) is 12.4 Å². The first kappa shape index (κ1) is 14.4. The molecule has 4 bridgehead atoms. The molecule has 0 aliphatic heterocycles. The lowest BCUT2D eigenvalue weighted by molar-refractivity contribution is -0.0587. The molecule has 0 aromatic heterocycles. The summed E-state index contributed by atoms with van der Waals surface area (Å²) in [6, 6.07) is 8.91. The van der Waals surface area contributed by atoms with E-state index in [1.165, 1.54) is 31.4 Å². The first-order valence-electron chi connectivity index (χ1n) is 9.05. The van der Waals surface area contributed by atoms with Crippen LogP contribution < -0.4 is 10.1 Å². The summed E-state index contributed by atoms with van der Waals surface area (Å²) in [7, 11) is 1.72. The fraction of sp³-hybridized carbons (Fsp3) is 0.700. The van der Waals surface area contributed by atoms with E-state index >= 15 is 0 Å². The van der Waals surface area contributed by atoms with E-state index in [0.29, 0.717) is 11.5 Å². The van der Waals surface area contributed by atoms with E-state index in [1.54, 1.807) is 26.4 Å². The van der Waals surface area contributed by atoms with E-state index in [2.05, 4.69) is 24.4 Å². The van der Waals surface area contributed by atoms with Gasteiger partial charge < -0.3 is 10.1 Å². The quantitative estimate of drug-likeness (QED) is 0.816. The Bertz CT molecular complexity index is 486. The van der Waals surface area contributed by atoms with Crippen molar-refractivity contribution in [2.24, 2.45) is 23.2 Å². The van der Waals surface area contributed by atoms with Crippen molar-refractivity contribution in [3.05, 3.63) is 24.3 Å². The van der Waals surface area contributed by atoms with Gasteiger partial charge in [0.2, 0.25) is 0 Å². The first-order chi connectivity index (χ1) is 10.6. The Morgan fingerprint density at radius 2 is 1.59 bits per heavy atom. The molecule has 2 nitrogen and oxygen atoms in total. The maximum Gasteiger partial charge on any atom is 0.119 e. The van der Waals surface area contributed by atoms with Crippen LogP contribution in [0.5, 0.6) is 5.75 Å². The summed E-state index contributed by atoms with van der Waals surface area (Å²) in [6.45, 7) is 2.36. The number of methoxy groups -OCH3 is 1. The molecule has 0 heterocycles. The molecule has 1 aromatic rings. The van der Waals surface area contributed by atoms with Crippen molar-refractivity contribution in [1.82, 2.24) is 0 Å². The van der Waals surface area contributed by atoms with Crippen LogP contribution in [0.1, 0.15) is 51.9 Å². The van der Waals surface area contributed by atoms with Gasteiger partial charge in [0.25, 0.3) is 0 Å². The third-order valence-electron chi connectivity index (χ3n) is 6.41. The molecule has 4 aliphatic carbocycles. The highest BCUT2D eigenvalue weighted by atomic mass is 16.5. The lowest BCUT2D eigenvalue weighted by atomic mass is 9.48. The van der Waals surface area contributed by atoms with Gasteiger partial charge in [-0.3, -0.25) is 0 Å². The fourth-order valence-corrected chi connectivity index (χ4v) is 6.21. The highest BCUT2D eigenvalue weighted by Gasteiger charge is 2.50. The zero-order valence-corrected chi connectivity index (χ0v) is 14.0. The average Bonchev–Trinajstić information content (AvgIpc) is 2.45. The largest absolute Gasteiger partial charge is 0.497 e. The number of hydrogen-bond donors (Lipinski definition) is 1. The summed E-state index contributed by atoms with van der Waals surface area (Å²) < 4.78 is 5.24. The van der Waals surface area contributed by atoms with Gasteiger partial charge in [0.05, 0.1) is 7.11 Å². The van der Waals surface area contributed by atoms with Gasteiger partial charge in [-0.1, -0.05) is 0 Å². The summed E-state index contributed by atoms with van der Waals surface area (Å²) in [5.41, 5.74) is 1.88. The maximum absolute atomic E-state index is 5.24. The van der Waals surface area contributed by atoms with Crippen molar-refractivity contribution in [1.29, 1.82) is 0 Å². The second-order valence-electron chi connectivity index (χ2n) is 8.40. The lowest BCUT2D eigenvalue weighted by Crippen LogP contribution is -2.47. The molecule has 0 radical (unpaired) electrons. The maximum atomic E-state index is 5.24. The van der Waals surface area contributed by atoms with Crippen LogP contribution in [0.3, 0.4) is 0 Å². The van der Waals surface area contributed by atoms with Crippen LogP contribution >= 0.6 is 0 Å². The Labute approximate surface area is 134 Å². The van der Waals surface area contributed by atoms with Crippen molar-refractivity contribution in [3.8, 4) is 5.75 Å². The van der Waals surface area contributed by atoms with Crippen LogP contribution in [0, 0.1) is 23.2 Å². The number of nitrogens with one attached hydrogen (secondary N) is 1. The van der Waals surface area contributed by atoms with Gasteiger partial charge in [-0.05, 0) is 99.3 Å². The van der Waals surface area contributed by atoms with Gasteiger partial charge >= 0.3 is 0 Å². The number of benzene rings is 1. The van der Waals surface area contributed by atoms with Crippen molar-refractivity contribution < 1.29 is 4.74 Å². The molecule has 0 amide bonds. The van der Waals surface area contributed by atoms with Crippen LogP contribution in [0.4, 0.5) is 5.69 Å². The van der Waals surface area contributed by atoms with Crippen molar-refractivity contribution >= 4 is 5.69 Å². The molecule has 1 aromatic carbocycles. The molecule has 1 N–H and O–H groups in total. The van der Waals surface area contributed by atoms with E-state index in [0.717, 1.165) is 23.5 Å². The molecule has 2 heteroatoms. The van der Waals surface area contributed by atoms with Crippen LogP contribution in [0.25, 0.3) is 0 Å². The molecular weight excluding hydrogens is 270 g/mol. The number of anilines is 1. The molecule has 4 saturated carbocycles. The van der Waals surface area contributed by atoms with Gasteiger partial charge in [-0.25, -0.2) is 0 Å². The SMILES string of the molecule is COc1ccc(NC(C)CC23CC4CC(CC(C4)C2)C3)cc1. The smallest absolute Gasteiger partial charge is 0.119 e. The predicted molar refractivity (Wildman–Crippen MR) is 91.3 cm³/mol. The van der Waals surface area contributed by atoms with E-state index in [9.17, 15) is 0 Å². The third kappa shape index (κ3) is 2.73. The number of hydrogen-bond acceptors (Lipinski definition) is 2. The molecule has 0 spiro atoms. The van der Waals surface area contributed by atoms with E-state index in [1.807, 2.05) is 12.1 Å². The number of ether oxygens (including phenoxy) is 1. The first-order valence-corrected chi connectivity index (χ1v) is 9.05. The third-order valence-corrected chi connectivity index (χ3v) is 6.41. The summed E-state index contributed by atoms with van der Waals surface area (Å²) in [5, 5.41) is 3.71. The minimum atomic E-state index is 0.560.